The second kappa shape index (κ2) is 23.3. The van der Waals surface area contributed by atoms with E-state index in [1.54, 1.807) is 0 Å². The highest BCUT2D eigenvalue weighted by molar-refractivity contribution is 5.80. The fourth-order valence-corrected chi connectivity index (χ4v) is 4.97. The Hall–Kier alpha value is -1.15. The molecule has 11 heteroatoms. The van der Waals surface area contributed by atoms with E-state index in [9.17, 15) is 40.5 Å². The Kier molecular flexibility index (Phi) is 21.5. The summed E-state index contributed by atoms with van der Waals surface area (Å²) in [6.45, 7) is 3.24. The van der Waals surface area contributed by atoms with Crippen LogP contribution in [-0.4, -0.2) is 110 Å². The summed E-state index contributed by atoms with van der Waals surface area (Å²) in [7, 11) is 0. The minimum absolute atomic E-state index is 0.175. The molecule has 0 aromatic heterocycles. The Labute approximate surface area is 251 Å². The second-order valence-corrected chi connectivity index (χ2v) is 11.5. The number of hydrogen-bond donors (Lipinski definition) is 8. The largest absolute Gasteiger partial charge is 0.394 e. The lowest BCUT2D eigenvalue weighted by molar-refractivity contribution is -0.303. The summed E-state index contributed by atoms with van der Waals surface area (Å²) in [6, 6.07) is -1.17. The number of nitrogens with one attached hydrogen (secondary N) is 1. The zero-order valence-corrected chi connectivity index (χ0v) is 25.7. The van der Waals surface area contributed by atoms with Gasteiger partial charge in [0.05, 0.1) is 25.4 Å². The third kappa shape index (κ3) is 15.0. The van der Waals surface area contributed by atoms with E-state index < -0.39 is 74.2 Å². The van der Waals surface area contributed by atoms with Crippen LogP contribution >= 0.6 is 0 Å². The Bertz CT molecular complexity index is 709. The van der Waals surface area contributed by atoms with Crippen molar-refractivity contribution in [2.75, 3.05) is 13.2 Å². The van der Waals surface area contributed by atoms with Crippen molar-refractivity contribution in [3.05, 3.63) is 12.2 Å². The first kappa shape index (κ1) is 38.9. The molecule has 1 heterocycles. The maximum absolute atomic E-state index is 12.8. The van der Waals surface area contributed by atoms with Gasteiger partial charge in [-0.2, -0.15) is 0 Å². The molecule has 1 rings (SSSR count). The zero-order chi connectivity index (χ0) is 31.3. The summed E-state index contributed by atoms with van der Waals surface area (Å²) in [5.41, 5.74) is 0. The fraction of sp³-hybridized carbons (Fsp3) is 0.903. The molecule has 0 saturated carbocycles. The molecule has 0 radical (unpaired) electrons. The number of ether oxygens (including phenoxy) is 2. The van der Waals surface area contributed by atoms with Crippen molar-refractivity contribution in [1.82, 2.24) is 5.32 Å². The first-order valence-electron chi connectivity index (χ1n) is 16.1. The highest BCUT2D eigenvalue weighted by atomic mass is 16.7. The van der Waals surface area contributed by atoms with Crippen LogP contribution in [0.25, 0.3) is 0 Å². The van der Waals surface area contributed by atoms with Gasteiger partial charge < -0.3 is 50.5 Å². The quantitative estimate of drug-likeness (QED) is 0.0595. The molecular weight excluding hydrogens is 546 g/mol. The smallest absolute Gasteiger partial charge is 0.249 e. The second-order valence-electron chi connectivity index (χ2n) is 11.5. The summed E-state index contributed by atoms with van der Waals surface area (Å²) in [5.74, 6) is -0.740. The number of aliphatic hydroxyl groups is 7. The molecule has 42 heavy (non-hydrogen) atoms. The van der Waals surface area contributed by atoms with E-state index >= 15 is 0 Å². The SMILES string of the molecule is CCCCCC/C=C\CCC(O)C(=O)NC(COC1OC(CO)C(O)C(O)C1O)C(O)C(O)CCCCCCCCC. The van der Waals surface area contributed by atoms with Crippen molar-refractivity contribution in [2.24, 2.45) is 0 Å². The predicted molar refractivity (Wildman–Crippen MR) is 159 cm³/mol. The van der Waals surface area contributed by atoms with E-state index in [0.29, 0.717) is 19.3 Å². The van der Waals surface area contributed by atoms with E-state index in [0.717, 1.165) is 38.5 Å². The number of carbonyl (C=O) groups is 1. The van der Waals surface area contributed by atoms with Crippen LogP contribution in [0.3, 0.4) is 0 Å². The maximum atomic E-state index is 12.8. The van der Waals surface area contributed by atoms with E-state index in [4.69, 9.17) is 9.47 Å². The first-order valence-corrected chi connectivity index (χ1v) is 16.1. The van der Waals surface area contributed by atoms with Crippen LogP contribution in [-0.2, 0) is 14.3 Å². The van der Waals surface area contributed by atoms with E-state index in [1.807, 2.05) is 12.2 Å². The van der Waals surface area contributed by atoms with Gasteiger partial charge in [0.2, 0.25) is 5.91 Å². The normalized spacial score (nSPS) is 25.8. The highest BCUT2D eigenvalue weighted by Gasteiger charge is 2.44. The average molecular weight is 606 g/mol. The maximum Gasteiger partial charge on any atom is 0.249 e. The van der Waals surface area contributed by atoms with Crippen LogP contribution < -0.4 is 5.32 Å². The highest BCUT2D eigenvalue weighted by Crippen LogP contribution is 2.23. The van der Waals surface area contributed by atoms with E-state index in [1.165, 1.54) is 32.1 Å². The molecule has 8 N–H and O–H groups in total. The van der Waals surface area contributed by atoms with Crippen molar-refractivity contribution >= 4 is 5.91 Å². The molecule has 9 atom stereocenters. The molecule has 248 valence electrons. The third-order valence-corrected chi connectivity index (χ3v) is 7.83. The van der Waals surface area contributed by atoms with Gasteiger partial charge in [0, 0.05) is 0 Å². The summed E-state index contributed by atoms with van der Waals surface area (Å²) in [5, 5.41) is 74.3. The van der Waals surface area contributed by atoms with Gasteiger partial charge in [-0.25, -0.2) is 0 Å². The number of rotatable bonds is 24. The van der Waals surface area contributed by atoms with Gasteiger partial charge in [-0.3, -0.25) is 4.79 Å². The average Bonchev–Trinajstić information content (AvgIpc) is 2.98. The summed E-state index contributed by atoms with van der Waals surface area (Å²) >= 11 is 0. The van der Waals surface area contributed by atoms with Gasteiger partial charge in [-0.15, -0.1) is 0 Å². The standard InChI is InChI=1S/C31H59NO10/c1-3-5-7-9-11-13-15-17-19-24(35)30(40)32-22(26(36)23(34)18-16-14-12-10-8-6-4-2)21-41-31-29(39)28(38)27(37)25(20-33)42-31/h13,15,22-29,31,33-39H,3-12,14,16-21H2,1-2H3,(H,32,40)/b15-13-. The minimum Gasteiger partial charge on any atom is -0.394 e. The van der Waals surface area contributed by atoms with Gasteiger partial charge >= 0.3 is 0 Å². The van der Waals surface area contributed by atoms with Gasteiger partial charge in [0.15, 0.2) is 6.29 Å². The topological polar surface area (TPSA) is 189 Å². The van der Waals surface area contributed by atoms with Gasteiger partial charge in [-0.1, -0.05) is 90.2 Å². The van der Waals surface area contributed by atoms with Crippen molar-refractivity contribution in [3.63, 3.8) is 0 Å². The van der Waals surface area contributed by atoms with Crippen molar-refractivity contribution in [2.45, 2.75) is 165 Å². The van der Waals surface area contributed by atoms with Crippen molar-refractivity contribution in [1.29, 1.82) is 0 Å². The molecular formula is C31H59NO10. The molecule has 0 aliphatic carbocycles. The molecule has 1 amide bonds. The molecule has 1 saturated heterocycles. The molecule has 0 aromatic carbocycles. The number of amides is 1. The van der Waals surface area contributed by atoms with Gasteiger partial charge in [0.1, 0.15) is 36.6 Å². The lowest BCUT2D eigenvalue weighted by Crippen LogP contribution is -2.60. The molecule has 11 nitrogen and oxygen atoms in total. The van der Waals surface area contributed by atoms with Crippen LogP contribution in [0.2, 0.25) is 0 Å². The molecule has 1 aliphatic rings. The van der Waals surface area contributed by atoms with Crippen molar-refractivity contribution < 1.29 is 50.0 Å². The number of carbonyl (C=O) groups excluding carboxylic acids is 1. The third-order valence-electron chi connectivity index (χ3n) is 7.83. The Morgan fingerprint density at radius 1 is 0.810 bits per heavy atom. The first-order chi connectivity index (χ1) is 20.2. The Morgan fingerprint density at radius 2 is 1.40 bits per heavy atom. The molecule has 1 aliphatic heterocycles. The molecule has 9 unspecified atom stereocenters. The van der Waals surface area contributed by atoms with Gasteiger partial charge in [-0.05, 0) is 32.1 Å². The van der Waals surface area contributed by atoms with Crippen LogP contribution in [0.4, 0.5) is 0 Å². The monoisotopic (exact) mass is 605 g/mol. The van der Waals surface area contributed by atoms with Crippen LogP contribution in [0.15, 0.2) is 12.2 Å². The number of hydrogen-bond acceptors (Lipinski definition) is 10. The fourth-order valence-electron chi connectivity index (χ4n) is 4.97. The number of unbranched alkanes of at least 4 members (excludes halogenated alkanes) is 10. The Morgan fingerprint density at radius 3 is 2.05 bits per heavy atom. The van der Waals surface area contributed by atoms with Crippen LogP contribution in [0, 0.1) is 0 Å². The Balaban J connectivity index is 2.72. The van der Waals surface area contributed by atoms with Crippen molar-refractivity contribution in [3.8, 4) is 0 Å². The summed E-state index contributed by atoms with van der Waals surface area (Å²) in [6.07, 6.45) is 6.28. The zero-order valence-electron chi connectivity index (χ0n) is 25.7. The lowest BCUT2D eigenvalue weighted by atomic mass is 9.98. The predicted octanol–water partition coefficient (Wildman–Crippen LogP) is 1.82. The lowest BCUT2D eigenvalue weighted by Gasteiger charge is -2.40. The van der Waals surface area contributed by atoms with E-state index in [2.05, 4.69) is 19.2 Å². The number of allylic oxidation sites excluding steroid dienone is 2. The summed E-state index contributed by atoms with van der Waals surface area (Å²) < 4.78 is 10.9. The minimum atomic E-state index is -1.66. The number of aliphatic hydroxyl groups excluding tert-OH is 7. The molecule has 0 bridgehead atoms. The van der Waals surface area contributed by atoms with Crippen LogP contribution in [0.1, 0.15) is 110 Å². The summed E-state index contributed by atoms with van der Waals surface area (Å²) in [4.78, 5) is 12.8. The van der Waals surface area contributed by atoms with Gasteiger partial charge in [0.25, 0.3) is 0 Å². The molecule has 0 spiro atoms. The molecule has 0 aromatic rings. The van der Waals surface area contributed by atoms with E-state index in [-0.39, 0.29) is 6.42 Å². The molecule has 1 fully saturated rings. The van der Waals surface area contributed by atoms with Crippen LogP contribution in [0.5, 0.6) is 0 Å².